The number of allylic oxidation sites excluding steroid dienone is 1. The van der Waals surface area contributed by atoms with E-state index in [1.165, 1.54) is 6.42 Å². The van der Waals surface area contributed by atoms with Gasteiger partial charge in [0.1, 0.15) is 0 Å². The van der Waals surface area contributed by atoms with Crippen LogP contribution in [-0.2, 0) is 0 Å². The van der Waals surface area contributed by atoms with Gasteiger partial charge in [0, 0.05) is 18.3 Å². The van der Waals surface area contributed by atoms with Gasteiger partial charge in [-0.3, -0.25) is 0 Å². The second kappa shape index (κ2) is 3.76. The van der Waals surface area contributed by atoms with E-state index in [0.717, 1.165) is 25.1 Å². The lowest BCUT2D eigenvalue weighted by Gasteiger charge is -2.39. The Kier molecular flexibility index (Phi) is 2.75. The van der Waals surface area contributed by atoms with Crippen molar-refractivity contribution in [2.75, 3.05) is 6.54 Å². The van der Waals surface area contributed by atoms with E-state index in [1.54, 1.807) is 0 Å². The lowest BCUT2D eigenvalue weighted by Crippen LogP contribution is -2.42. The topological polar surface area (TPSA) is 32.3 Å². The third-order valence-electron chi connectivity index (χ3n) is 4.00. The van der Waals surface area contributed by atoms with Crippen LogP contribution >= 0.6 is 0 Å². The number of urea groups is 1. The van der Waals surface area contributed by atoms with Crippen LogP contribution in [0.25, 0.3) is 0 Å². The minimum Gasteiger partial charge on any atom is -0.321 e. The van der Waals surface area contributed by atoms with Gasteiger partial charge in [-0.25, -0.2) is 4.79 Å². The maximum Gasteiger partial charge on any atom is 0.321 e. The predicted molar refractivity (Wildman–Crippen MR) is 69.6 cm³/mol. The minimum absolute atomic E-state index is 0.0314. The van der Waals surface area contributed by atoms with E-state index in [0.29, 0.717) is 16.9 Å². The molecule has 0 radical (unpaired) electrons. The maximum absolute atomic E-state index is 12.1. The highest BCUT2D eigenvalue weighted by molar-refractivity contribution is 5.76. The smallest absolute Gasteiger partial charge is 0.321 e. The van der Waals surface area contributed by atoms with Crippen LogP contribution < -0.4 is 5.32 Å². The highest BCUT2D eigenvalue weighted by Gasteiger charge is 2.50. The molecule has 1 aliphatic heterocycles. The molecule has 3 nitrogen and oxygen atoms in total. The summed E-state index contributed by atoms with van der Waals surface area (Å²) in [6.45, 7) is 13.4. The molecule has 2 atom stereocenters. The number of amides is 2. The molecule has 1 saturated carbocycles. The Labute approximate surface area is 104 Å². The summed E-state index contributed by atoms with van der Waals surface area (Å²) in [6.07, 6.45) is 3.49. The summed E-state index contributed by atoms with van der Waals surface area (Å²) in [7, 11) is 0. The molecule has 2 rings (SSSR count). The molecule has 1 saturated heterocycles. The number of fused-ring (bicyclic) bond motifs is 2. The highest BCUT2D eigenvalue weighted by atomic mass is 16.2. The van der Waals surface area contributed by atoms with Crippen molar-refractivity contribution in [3.8, 4) is 0 Å². The molecule has 1 aliphatic carbocycles. The molecular formula is C14H24N2O. The van der Waals surface area contributed by atoms with E-state index in [2.05, 4.69) is 32.7 Å². The summed E-state index contributed by atoms with van der Waals surface area (Å²) in [5, 5.41) is 2.83. The van der Waals surface area contributed by atoms with E-state index in [4.69, 9.17) is 0 Å². The molecule has 17 heavy (non-hydrogen) atoms. The SMILES string of the molecule is C=C(C)NC(=O)N1CC2(C)CC1CC(C)(C)C2. The third kappa shape index (κ3) is 2.48. The van der Waals surface area contributed by atoms with Gasteiger partial charge in [-0.2, -0.15) is 0 Å². The summed E-state index contributed by atoms with van der Waals surface area (Å²) in [6, 6.07) is 0.437. The molecule has 1 heterocycles. The second-order valence-electron chi connectivity index (χ2n) is 7.05. The molecule has 2 unspecified atom stereocenters. The first-order valence-electron chi connectivity index (χ1n) is 6.44. The molecule has 2 amide bonds. The number of hydrogen-bond donors (Lipinski definition) is 1. The predicted octanol–water partition coefficient (Wildman–Crippen LogP) is 3.13. The van der Waals surface area contributed by atoms with Crippen molar-refractivity contribution in [1.82, 2.24) is 10.2 Å². The average Bonchev–Trinajstić information content (AvgIpc) is 2.33. The quantitative estimate of drug-likeness (QED) is 0.745. The third-order valence-corrected chi connectivity index (χ3v) is 4.00. The Morgan fingerprint density at radius 1 is 1.35 bits per heavy atom. The molecule has 3 heteroatoms. The average molecular weight is 236 g/mol. The van der Waals surface area contributed by atoms with Crippen LogP contribution in [0.2, 0.25) is 0 Å². The van der Waals surface area contributed by atoms with E-state index in [9.17, 15) is 4.79 Å². The van der Waals surface area contributed by atoms with Crippen LogP contribution in [0.1, 0.15) is 47.0 Å². The van der Waals surface area contributed by atoms with Crippen molar-refractivity contribution in [3.63, 3.8) is 0 Å². The zero-order chi connectivity index (χ0) is 12.8. The fourth-order valence-corrected chi connectivity index (χ4v) is 3.95. The molecular weight excluding hydrogens is 212 g/mol. The van der Waals surface area contributed by atoms with Gasteiger partial charge in [0.05, 0.1) is 0 Å². The summed E-state index contributed by atoms with van der Waals surface area (Å²) in [4.78, 5) is 14.1. The first-order chi connectivity index (χ1) is 7.71. The molecule has 2 fully saturated rings. The molecule has 0 spiro atoms. The number of nitrogens with one attached hydrogen (secondary N) is 1. The molecule has 0 aromatic heterocycles. The minimum atomic E-state index is 0.0314. The number of likely N-dealkylation sites (tertiary alicyclic amines) is 1. The lowest BCUT2D eigenvalue weighted by atomic mass is 9.65. The summed E-state index contributed by atoms with van der Waals surface area (Å²) >= 11 is 0. The molecule has 0 aromatic carbocycles. The summed E-state index contributed by atoms with van der Waals surface area (Å²) < 4.78 is 0. The zero-order valence-electron chi connectivity index (χ0n) is 11.5. The van der Waals surface area contributed by atoms with Crippen LogP contribution in [0.5, 0.6) is 0 Å². The van der Waals surface area contributed by atoms with E-state index in [1.807, 2.05) is 11.8 Å². The van der Waals surface area contributed by atoms with Crippen molar-refractivity contribution in [2.45, 2.75) is 53.0 Å². The Balaban J connectivity index is 2.13. The van der Waals surface area contributed by atoms with E-state index >= 15 is 0 Å². The van der Waals surface area contributed by atoms with Gasteiger partial charge in [0.15, 0.2) is 0 Å². The van der Waals surface area contributed by atoms with Gasteiger partial charge in [0.25, 0.3) is 0 Å². The number of nitrogens with zero attached hydrogens (tertiary/aromatic N) is 1. The van der Waals surface area contributed by atoms with Crippen LogP contribution in [-0.4, -0.2) is 23.5 Å². The van der Waals surface area contributed by atoms with Gasteiger partial charge in [0.2, 0.25) is 0 Å². The fourth-order valence-electron chi connectivity index (χ4n) is 3.95. The first kappa shape index (κ1) is 12.5. The standard InChI is InChI=1S/C14H24N2O/c1-10(2)15-12(17)16-9-14(5)7-11(16)6-13(3,4)8-14/h11H,1,6-9H2,2-5H3,(H,15,17). The Hall–Kier alpha value is -0.990. The Morgan fingerprint density at radius 3 is 2.59 bits per heavy atom. The highest BCUT2D eigenvalue weighted by Crippen LogP contribution is 2.52. The van der Waals surface area contributed by atoms with Gasteiger partial charge < -0.3 is 10.2 Å². The van der Waals surface area contributed by atoms with Gasteiger partial charge >= 0.3 is 6.03 Å². The van der Waals surface area contributed by atoms with Crippen molar-refractivity contribution in [2.24, 2.45) is 10.8 Å². The molecule has 0 aromatic rings. The van der Waals surface area contributed by atoms with Gasteiger partial charge in [-0.05, 0) is 37.0 Å². The number of carbonyl (C=O) groups is 1. The number of hydrogen-bond acceptors (Lipinski definition) is 1. The van der Waals surface area contributed by atoms with Crippen LogP contribution in [0, 0.1) is 10.8 Å². The van der Waals surface area contributed by atoms with Gasteiger partial charge in [-0.15, -0.1) is 0 Å². The fraction of sp³-hybridized carbons (Fsp3) is 0.786. The van der Waals surface area contributed by atoms with Crippen molar-refractivity contribution in [3.05, 3.63) is 12.3 Å². The van der Waals surface area contributed by atoms with E-state index in [-0.39, 0.29) is 6.03 Å². The monoisotopic (exact) mass is 236 g/mol. The summed E-state index contributed by atoms with van der Waals surface area (Å²) in [5.74, 6) is 0. The van der Waals surface area contributed by atoms with Crippen molar-refractivity contribution in [1.29, 1.82) is 0 Å². The maximum atomic E-state index is 12.1. The Morgan fingerprint density at radius 2 is 2.00 bits per heavy atom. The molecule has 2 aliphatic rings. The van der Waals surface area contributed by atoms with Crippen LogP contribution in [0.4, 0.5) is 4.79 Å². The van der Waals surface area contributed by atoms with Gasteiger partial charge in [-0.1, -0.05) is 27.4 Å². The Bertz CT molecular complexity index is 361. The van der Waals surface area contributed by atoms with Crippen molar-refractivity contribution >= 4 is 6.03 Å². The van der Waals surface area contributed by atoms with Crippen LogP contribution in [0.3, 0.4) is 0 Å². The number of carbonyl (C=O) groups excluding carboxylic acids is 1. The second-order valence-corrected chi connectivity index (χ2v) is 7.05. The van der Waals surface area contributed by atoms with E-state index < -0.39 is 0 Å². The van der Waals surface area contributed by atoms with Crippen LogP contribution in [0.15, 0.2) is 12.3 Å². The summed E-state index contributed by atoms with van der Waals surface area (Å²) in [5.41, 5.74) is 1.38. The zero-order valence-corrected chi connectivity index (χ0v) is 11.5. The molecule has 2 bridgehead atoms. The normalized spacial score (nSPS) is 34.6. The first-order valence-corrected chi connectivity index (χ1v) is 6.44. The molecule has 1 N–H and O–H groups in total. The van der Waals surface area contributed by atoms with Crippen molar-refractivity contribution < 1.29 is 4.79 Å². The molecule has 96 valence electrons. The largest absolute Gasteiger partial charge is 0.321 e. The lowest BCUT2D eigenvalue weighted by molar-refractivity contribution is 0.129. The number of rotatable bonds is 1.